The highest BCUT2D eigenvalue weighted by atomic mass is 19.4. The number of rotatable bonds is 6. The van der Waals surface area contributed by atoms with E-state index in [9.17, 15) is 40.7 Å². The molecule has 162 valence electrons. The Bertz CT molecular complexity index is 727. The van der Waals surface area contributed by atoms with E-state index in [4.69, 9.17) is 0 Å². The first-order valence-electron chi connectivity index (χ1n) is 8.24. The molecule has 0 unspecified atom stereocenters. The van der Waals surface area contributed by atoms with E-state index in [2.05, 4.69) is 10.1 Å². The molecule has 0 aliphatic carbocycles. The van der Waals surface area contributed by atoms with Crippen molar-refractivity contribution in [2.24, 2.45) is 5.92 Å². The van der Waals surface area contributed by atoms with Gasteiger partial charge in [-0.15, -0.1) is 0 Å². The van der Waals surface area contributed by atoms with Crippen molar-refractivity contribution in [1.29, 1.82) is 0 Å². The van der Waals surface area contributed by atoms with Gasteiger partial charge < -0.3 is 10.1 Å². The highest BCUT2D eigenvalue weighted by Gasteiger charge is 2.37. The zero-order chi connectivity index (χ0) is 22.4. The fourth-order valence-corrected chi connectivity index (χ4v) is 1.97. The molecule has 2 N–H and O–H groups in total. The van der Waals surface area contributed by atoms with Crippen LogP contribution in [0.15, 0.2) is 18.2 Å². The van der Waals surface area contributed by atoms with Gasteiger partial charge >= 0.3 is 24.4 Å². The fraction of sp³-hybridized carbons (Fsp3) is 0.471. The lowest BCUT2D eigenvalue weighted by atomic mass is 10.0. The van der Waals surface area contributed by atoms with E-state index < -0.39 is 53.6 Å². The van der Waals surface area contributed by atoms with Crippen molar-refractivity contribution in [3.63, 3.8) is 0 Å². The number of carbonyl (C=O) groups excluding carboxylic acids is 3. The number of ether oxygens (including phenoxy) is 1. The van der Waals surface area contributed by atoms with Gasteiger partial charge in [0.05, 0.1) is 16.7 Å². The lowest BCUT2D eigenvalue weighted by Gasteiger charge is -2.14. The third-order valence-corrected chi connectivity index (χ3v) is 3.42. The first-order chi connectivity index (χ1) is 13.2. The Kier molecular flexibility index (Phi) is 8.04. The number of benzene rings is 1. The van der Waals surface area contributed by atoms with E-state index >= 15 is 0 Å². The molecular formula is C17H18F6N2O4. The van der Waals surface area contributed by atoms with Crippen LogP contribution in [0, 0.1) is 5.92 Å². The summed E-state index contributed by atoms with van der Waals surface area (Å²) in [6.07, 6.45) is -9.64. The molecule has 3 amide bonds. The fourth-order valence-electron chi connectivity index (χ4n) is 1.97. The standard InChI is InChI=1S/C17H18F6N2O4/c1-9(2)3-4-24-15(28)25-13(26)8-29-14(27)10-5-11(16(18,19)20)7-12(6-10)17(21,22)23/h5-7,9H,3-4,8H2,1-2H3,(H2,24,25,26,28). The summed E-state index contributed by atoms with van der Waals surface area (Å²) in [5.41, 5.74) is -4.44. The van der Waals surface area contributed by atoms with Crippen molar-refractivity contribution in [2.75, 3.05) is 13.2 Å². The number of imide groups is 1. The summed E-state index contributed by atoms with van der Waals surface area (Å²) >= 11 is 0. The summed E-state index contributed by atoms with van der Waals surface area (Å²) in [5, 5.41) is 4.16. The minimum absolute atomic E-state index is 0.148. The van der Waals surface area contributed by atoms with Gasteiger partial charge in [0, 0.05) is 6.54 Å². The van der Waals surface area contributed by atoms with Gasteiger partial charge in [-0.2, -0.15) is 26.3 Å². The van der Waals surface area contributed by atoms with Gasteiger partial charge in [-0.1, -0.05) is 13.8 Å². The molecule has 6 nitrogen and oxygen atoms in total. The third-order valence-electron chi connectivity index (χ3n) is 3.42. The molecule has 1 rings (SSSR count). The van der Waals surface area contributed by atoms with Gasteiger partial charge in [0.1, 0.15) is 0 Å². The average Bonchev–Trinajstić information content (AvgIpc) is 2.57. The van der Waals surface area contributed by atoms with Crippen LogP contribution in [-0.4, -0.2) is 31.1 Å². The van der Waals surface area contributed by atoms with Crippen molar-refractivity contribution < 1.29 is 45.5 Å². The summed E-state index contributed by atoms with van der Waals surface area (Å²) < 4.78 is 81.1. The second-order valence-corrected chi connectivity index (χ2v) is 6.36. The number of halogens is 6. The Morgan fingerprint density at radius 2 is 1.48 bits per heavy atom. The highest BCUT2D eigenvalue weighted by molar-refractivity contribution is 5.97. The minimum Gasteiger partial charge on any atom is -0.452 e. The molecule has 29 heavy (non-hydrogen) atoms. The van der Waals surface area contributed by atoms with Crippen LogP contribution in [0.1, 0.15) is 41.8 Å². The van der Waals surface area contributed by atoms with Crippen LogP contribution in [-0.2, 0) is 21.9 Å². The number of esters is 1. The number of urea groups is 1. The van der Waals surface area contributed by atoms with E-state index in [1.54, 1.807) is 5.32 Å². The molecule has 0 bridgehead atoms. The van der Waals surface area contributed by atoms with E-state index in [0.717, 1.165) is 0 Å². The average molecular weight is 428 g/mol. The van der Waals surface area contributed by atoms with Crippen LogP contribution in [0.4, 0.5) is 31.1 Å². The lowest BCUT2D eigenvalue weighted by molar-refractivity contribution is -0.143. The van der Waals surface area contributed by atoms with Crippen LogP contribution in [0.25, 0.3) is 0 Å². The number of alkyl halides is 6. The van der Waals surface area contributed by atoms with E-state index in [1.807, 2.05) is 13.8 Å². The summed E-state index contributed by atoms with van der Waals surface area (Å²) in [4.78, 5) is 34.8. The van der Waals surface area contributed by atoms with Crippen LogP contribution < -0.4 is 10.6 Å². The molecule has 1 aromatic carbocycles. The van der Waals surface area contributed by atoms with Crippen LogP contribution in [0.5, 0.6) is 0 Å². The molecule has 0 fully saturated rings. The summed E-state index contributed by atoms with van der Waals surface area (Å²) in [6.45, 7) is 3.00. The molecule has 1 aromatic rings. The molecule has 0 saturated carbocycles. The van der Waals surface area contributed by atoms with Crippen LogP contribution in [0.2, 0.25) is 0 Å². The monoisotopic (exact) mass is 428 g/mol. The molecule has 0 aromatic heterocycles. The summed E-state index contributed by atoms with van der Waals surface area (Å²) in [6, 6.07) is -0.683. The molecule has 0 aliphatic heterocycles. The maximum Gasteiger partial charge on any atom is 0.416 e. The van der Waals surface area contributed by atoms with E-state index in [1.165, 1.54) is 0 Å². The normalized spacial score (nSPS) is 11.9. The van der Waals surface area contributed by atoms with E-state index in [0.29, 0.717) is 12.3 Å². The number of carbonyl (C=O) groups is 3. The van der Waals surface area contributed by atoms with Crippen molar-refractivity contribution in [3.05, 3.63) is 34.9 Å². The molecule has 0 radical (unpaired) electrons. The maximum atomic E-state index is 12.8. The quantitative estimate of drug-likeness (QED) is 0.534. The third kappa shape index (κ3) is 8.40. The Morgan fingerprint density at radius 3 is 1.93 bits per heavy atom. The number of amides is 3. The maximum absolute atomic E-state index is 12.8. The Balaban J connectivity index is 2.76. The van der Waals surface area contributed by atoms with Crippen molar-refractivity contribution in [2.45, 2.75) is 32.6 Å². The van der Waals surface area contributed by atoms with E-state index in [-0.39, 0.29) is 24.7 Å². The predicted molar refractivity (Wildman–Crippen MR) is 87.7 cm³/mol. The van der Waals surface area contributed by atoms with Gasteiger partial charge in [-0.05, 0) is 30.5 Å². The van der Waals surface area contributed by atoms with Gasteiger partial charge in [0.2, 0.25) is 0 Å². The first kappa shape index (κ1) is 24.2. The predicted octanol–water partition coefficient (Wildman–Crippen LogP) is 3.75. The smallest absolute Gasteiger partial charge is 0.416 e. The van der Waals surface area contributed by atoms with Crippen molar-refractivity contribution in [3.8, 4) is 0 Å². The first-order valence-corrected chi connectivity index (χ1v) is 8.24. The topological polar surface area (TPSA) is 84.5 Å². The Labute approximate surface area is 161 Å². The van der Waals surface area contributed by atoms with Gasteiger partial charge in [0.25, 0.3) is 5.91 Å². The minimum atomic E-state index is -5.14. The molecule has 0 aliphatic rings. The molecule has 0 saturated heterocycles. The second-order valence-electron chi connectivity index (χ2n) is 6.36. The van der Waals surface area contributed by atoms with Crippen LogP contribution >= 0.6 is 0 Å². The highest BCUT2D eigenvalue weighted by Crippen LogP contribution is 2.36. The molecule has 12 heteroatoms. The van der Waals surface area contributed by atoms with Gasteiger partial charge in [-0.25, -0.2) is 9.59 Å². The largest absolute Gasteiger partial charge is 0.452 e. The summed E-state index contributed by atoms with van der Waals surface area (Å²) in [7, 11) is 0. The number of hydrogen-bond donors (Lipinski definition) is 2. The van der Waals surface area contributed by atoms with Crippen LogP contribution in [0.3, 0.4) is 0 Å². The number of nitrogens with one attached hydrogen (secondary N) is 2. The Morgan fingerprint density at radius 1 is 0.966 bits per heavy atom. The van der Waals surface area contributed by atoms with Crippen molar-refractivity contribution in [1.82, 2.24) is 10.6 Å². The molecule has 0 spiro atoms. The SMILES string of the molecule is CC(C)CCNC(=O)NC(=O)COC(=O)c1cc(C(F)(F)F)cc(C(F)(F)F)c1. The van der Waals surface area contributed by atoms with Gasteiger partial charge in [-0.3, -0.25) is 10.1 Å². The Hall–Kier alpha value is -2.79. The van der Waals surface area contributed by atoms with Gasteiger partial charge in [0.15, 0.2) is 6.61 Å². The molecule has 0 atom stereocenters. The lowest BCUT2D eigenvalue weighted by Crippen LogP contribution is -2.42. The number of hydrogen-bond acceptors (Lipinski definition) is 4. The van der Waals surface area contributed by atoms with Crippen molar-refractivity contribution >= 4 is 17.9 Å². The molecular weight excluding hydrogens is 410 g/mol. The zero-order valence-corrected chi connectivity index (χ0v) is 15.3. The summed E-state index contributed by atoms with van der Waals surface area (Å²) in [5.74, 6) is -2.40. The zero-order valence-electron chi connectivity index (χ0n) is 15.3. The molecule has 0 heterocycles. The second kappa shape index (κ2) is 9.61.